The van der Waals surface area contributed by atoms with Crippen molar-refractivity contribution in [3.8, 4) is 0 Å². The van der Waals surface area contributed by atoms with Crippen LogP contribution in [0.15, 0.2) is 15.9 Å². The Bertz CT molecular complexity index is 333. The molecule has 14 heavy (non-hydrogen) atoms. The van der Waals surface area contributed by atoms with Gasteiger partial charge in [0.1, 0.15) is 0 Å². The normalized spacial score (nSPS) is 21.1. The quantitative estimate of drug-likeness (QED) is 0.867. The summed E-state index contributed by atoms with van der Waals surface area (Å²) in [6, 6.07) is 1.92. The predicted molar refractivity (Wildman–Crippen MR) is 61.6 cm³/mol. The van der Waals surface area contributed by atoms with Gasteiger partial charge in [-0.3, -0.25) is 4.79 Å². The maximum Gasteiger partial charge on any atom is 0.229 e. The van der Waals surface area contributed by atoms with E-state index in [2.05, 4.69) is 26.6 Å². The molecular weight excluding hydrogens is 264 g/mol. The summed E-state index contributed by atoms with van der Waals surface area (Å²) in [5.74, 6) is 0.264. The molecule has 0 bridgehead atoms. The van der Waals surface area contributed by atoms with Crippen LogP contribution in [-0.4, -0.2) is 19.0 Å². The van der Waals surface area contributed by atoms with E-state index in [1.54, 1.807) is 0 Å². The van der Waals surface area contributed by atoms with Crippen molar-refractivity contribution in [1.29, 1.82) is 0 Å². The van der Waals surface area contributed by atoms with Crippen LogP contribution in [-0.2, 0) is 4.79 Å². The van der Waals surface area contributed by atoms with Crippen LogP contribution in [0.1, 0.15) is 6.42 Å². The minimum absolute atomic E-state index is 0.129. The molecule has 0 spiro atoms. The SMILES string of the molecule is O=C(Nc1cc(Br)cs1)C1CCNC1. The third-order valence-electron chi connectivity index (χ3n) is 2.24. The molecule has 2 rings (SSSR count). The van der Waals surface area contributed by atoms with Crippen LogP contribution >= 0.6 is 27.3 Å². The molecule has 1 aliphatic rings. The van der Waals surface area contributed by atoms with E-state index >= 15 is 0 Å². The number of halogens is 1. The molecule has 1 aliphatic heterocycles. The zero-order chi connectivity index (χ0) is 9.97. The zero-order valence-electron chi connectivity index (χ0n) is 7.55. The van der Waals surface area contributed by atoms with Gasteiger partial charge >= 0.3 is 0 Å². The van der Waals surface area contributed by atoms with Gasteiger partial charge in [-0.05, 0) is 35.0 Å². The second kappa shape index (κ2) is 4.42. The van der Waals surface area contributed by atoms with Gasteiger partial charge in [-0.25, -0.2) is 0 Å². The molecule has 0 radical (unpaired) electrons. The summed E-state index contributed by atoms with van der Waals surface area (Å²) in [5.41, 5.74) is 0. The molecule has 0 aliphatic carbocycles. The van der Waals surface area contributed by atoms with Gasteiger partial charge < -0.3 is 10.6 Å². The summed E-state index contributed by atoms with van der Waals surface area (Å²) in [4.78, 5) is 11.7. The van der Waals surface area contributed by atoms with E-state index in [0.717, 1.165) is 29.0 Å². The van der Waals surface area contributed by atoms with Crippen LogP contribution in [0.3, 0.4) is 0 Å². The lowest BCUT2D eigenvalue weighted by atomic mass is 10.1. The van der Waals surface area contributed by atoms with E-state index in [1.165, 1.54) is 11.3 Å². The number of nitrogens with one attached hydrogen (secondary N) is 2. The smallest absolute Gasteiger partial charge is 0.229 e. The highest BCUT2D eigenvalue weighted by Gasteiger charge is 2.22. The first-order chi connectivity index (χ1) is 6.75. The van der Waals surface area contributed by atoms with Crippen molar-refractivity contribution in [1.82, 2.24) is 5.32 Å². The minimum atomic E-state index is 0.129. The van der Waals surface area contributed by atoms with Gasteiger partial charge in [-0.2, -0.15) is 0 Å². The molecule has 0 aromatic carbocycles. The lowest BCUT2D eigenvalue weighted by Gasteiger charge is -2.07. The van der Waals surface area contributed by atoms with Crippen LogP contribution < -0.4 is 10.6 Å². The van der Waals surface area contributed by atoms with Crippen molar-refractivity contribution in [3.63, 3.8) is 0 Å². The van der Waals surface area contributed by atoms with Crippen molar-refractivity contribution < 1.29 is 4.79 Å². The molecule has 1 aromatic rings. The van der Waals surface area contributed by atoms with Crippen molar-refractivity contribution in [3.05, 3.63) is 15.9 Å². The molecule has 1 saturated heterocycles. The fourth-order valence-electron chi connectivity index (χ4n) is 1.48. The summed E-state index contributed by atoms with van der Waals surface area (Å²) in [7, 11) is 0. The second-order valence-corrected chi connectivity index (χ2v) is 5.14. The Morgan fingerprint density at radius 2 is 2.57 bits per heavy atom. The number of thiophene rings is 1. The third-order valence-corrected chi connectivity index (χ3v) is 3.85. The highest BCUT2D eigenvalue weighted by molar-refractivity contribution is 9.10. The Kier molecular flexibility index (Phi) is 3.20. The van der Waals surface area contributed by atoms with Gasteiger partial charge in [0.05, 0.1) is 10.9 Å². The highest BCUT2D eigenvalue weighted by Crippen LogP contribution is 2.25. The molecule has 2 heterocycles. The van der Waals surface area contributed by atoms with Gasteiger partial charge in [0.25, 0.3) is 0 Å². The summed E-state index contributed by atoms with van der Waals surface area (Å²) >= 11 is 4.89. The average molecular weight is 275 g/mol. The van der Waals surface area contributed by atoms with E-state index in [9.17, 15) is 4.79 Å². The van der Waals surface area contributed by atoms with Gasteiger partial charge in [0, 0.05) is 16.4 Å². The Morgan fingerprint density at radius 3 is 3.14 bits per heavy atom. The Morgan fingerprint density at radius 1 is 1.71 bits per heavy atom. The van der Waals surface area contributed by atoms with Crippen LogP contribution in [0.4, 0.5) is 5.00 Å². The van der Waals surface area contributed by atoms with E-state index in [4.69, 9.17) is 0 Å². The van der Waals surface area contributed by atoms with Crippen molar-refractivity contribution in [2.45, 2.75) is 6.42 Å². The first-order valence-electron chi connectivity index (χ1n) is 4.51. The highest BCUT2D eigenvalue weighted by atomic mass is 79.9. The average Bonchev–Trinajstić information content (AvgIpc) is 2.75. The van der Waals surface area contributed by atoms with E-state index in [1.807, 2.05) is 11.4 Å². The van der Waals surface area contributed by atoms with E-state index in [0.29, 0.717) is 0 Å². The molecule has 1 aromatic heterocycles. The Hall–Kier alpha value is -0.390. The Labute approximate surface area is 95.0 Å². The Balaban J connectivity index is 1.93. The largest absolute Gasteiger partial charge is 0.317 e. The molecule has 1 atom stereocenters. The van der Waals surface area contributed by atoms with Gasteiger partial charge in [-0.1, -0.05) is 0 Å². The first-order valence-corrected chi connectivity index (χ1v) is 6.18. The minimum Gasteiger partial charge on any atom is -0.317 e. The molecule has 1 amide bonds. The van der Waals surface area contributed by atoms with Crippen LogP contribution in [0, 0.1) is 5.92 Å². The maximum absolute atomic E-state index is 11.7. The van der Waals surface area contributed by atoms with Crippen LogP contribution in [0.2, 0.25) is 0 Å². The summed E-state index contributed by atoms with van der Waals surface area (Å²) in [6.45, 7) is 1.75. The molecule has 76 valence electrons. The second-order valence-electron chi connectivity index (χ2n) is 3.31. The lowest BCUT2D eigenvalue weighted by molar-refractivity contribution is -0.119. The van der Waals surface area contributed by atoms with E-state index < -0.39 is 0 Å². The van der Waals surface area contributed by atoms with Gasteiger partial charge in [0.15, 0.2) is 0 Å². The summed E-state index contributed by atoms with van der Waals surface area (Å²) in [6.07, 6.45) is 0.943. The van der Waals surface area contributed by atoms with Gasteiger partial charge in [-0.15, -0.1) is 11.3 Å². The number of hydrogen-bond acceptors (Lipinski definition) is 3. The predicted octanol–water partition coefficient (Wildman–Crippen LogP) is 2.06. The molecular formula is C9H11BrN2OS. The van der Waals surface area contributed by atoms with Gasteiger partial charge in [0.2, 0.25) is 5.91 Å². The van der Waals surface area contributed by atoms with Crippen molar-refractivity contribution in [2.75, 3.05) is 18.4 Å². The van der Waals surface area contributed by atoms with Crippen LogP contribution in [0.25, 0.3) is 0 Å². The molecule has 1 fully saturated rings. The fraction of sp³-hybridized carbons (Fsp3) is 0.444. The first kappa shape index (κ1) is 10.1. The van der Waals surface area contributed by atoms with Crippen LogP contribution in [0.5, 0.6) is 0 Å². The van der Waals surface area contributed by atoms with Crippen molar-refractivity contribution >= 4 is 38.2 Å². The number of carbonyl (C=O) groups excluding carboxylic acids is 1. The zero-order valence-corrected chi connectivity index (χ0v) is 9.95. The lowest BCUT2D eigenvalue weighted by Crippen LogP contribution is -2.24. The standard InChI is InChI=1S/C9H11BrN2OS/c10-7-3-8(14-5-7)12-9(13)6-1-2-11-4-6/h3,5-6,11H,1-2,4H2,(H,12,13). The molecule has 2 N–H and O–H groups in total. The number of anilines is 1. The van der Waals surface area contributed by atoms with Crippen molar-refractivity contribution in [2.24, 2.45) is 5.92 Å². The molecule has 0 saturated carbocycles. The van der Waals surface area contributed by atoms with E-state index in [-0.39, 0.29) is 11.8 Å². The number of hydrogen-bond donors (Lipinski definition) is 2. The molecule has 1 unspecified atom stereocenters. The molecule has 3 nitrogen and oxygen atoms in total. The number of amides is 1. The fourth-order valence-corrected chi connectivity index (χ4v) is 2.80. The topological polar surface area (TPSA) is 41.1 Å². The summed E-state index contributed by atoms with van der Waals surface area (Å²) < 4.78 is 1.02. The number of rotatable bonds is 2. The summed E-state index contributed by atoms with van der Waals surface area (Å²) in [5, 5.41) is 8.96. The maximum atomic E-state index is 11.7. The third kappa shape index (κ3) is 2.34. The molecule has 5 heteroatoms. The number of carbonyl (C=O) groups is 1. The monoisotopic (exact) mass is 274 g/mol.